The zero-order chi connectivity index (χ0) is 21.6. The Morgan fingerprint density at radius 3 is 2.58 bits per heavy atom. The van der Waals surface area contributed by atoms with Crippen molar-refractivity contribution in [3.05, 3.63) is 94.2 Å². The molecule has 8 heteroatoms. The third-order valence-electron chi connectivity index (χ3n) is 4.45. The topological polar surface area (TPSA) is 79.4 Å². The highest BCUT2D eigenvalue weighted by Gasteiger charge is 2.11. The van der Waals surface area contributed by atoms with E-state index in [4.69, 9.17) is 27.9 Å². The molecule has 0 saturated carbocycles. The Labute approximate surface area is 188 Å². The lowest BCUT2D eigenvalue weighted by atomic mass is 10.1. The van der Waals surface area contributed by atoms with E-state index in [9.17, 15) is 4.79 Å². The van der Waals surface area contributed by atoms with Crippen molar-refractivity contribution in [2.24, 2.45) is 5.10 Å². The highest BCUT2D eigenvalue weighted by atomic mass is 35.5. The van der Waals surface area contributed by atoms with Crippen LogP contribution in [0.3, 0.4) is 0 Å². The van der Waals surface area contributed by atoms with Gasteiger partial charge in [0.05, 0.1) is 28.2 Å². The Hall–Kier alpha value is -3.35. The summed E-state index contributed by atoms with van der Waals surface area (Å²) in [5.41, 5.74) is 5.92. The molecule has 0 spiro atoms. The minimum absolute atomic E-state index is 0.239. The van der Waals surface area contributed by atoms with Gasteiger partial charge >= 0.3 is 0 Å². The van der Waals surface area contributed by atoms with Crippen molar-refractivity contribution in [3.8, 4) is 5.75 Å². The quantitative estimate of drug-likeness (QED) is 0.305. The van der Waals surface area contributed by atoms with Gasteiger partial charge in [0.1, 0.15) is 11.6 Å². The summed E-state index contributed by atoms with van der Waals surface area (Å²) in [6.07, 6.45) is 0.419. The molecular weight excluding hydrogens is 435 g/mol. The van der Waals surface area contributed by atoms with Crippen molar-refractivity contribution in [1.82, 2.24) is 15.4 Å². The molecule has 1 heterocycles. The van der Waals surface area contributed by atoms with Crippen LogP contribution >= 0.6 is 23.2 Å². The first-order valence-corrected chi connectivity index (χ1v) is 10.3. The Balaban J connectivity index is 1.47. The molecule has 0 unspecified atom stereocenters. The van der Waals surface area contributed by atoms with Gasteiger partial charge in [-0.3, -0.25) is 4.79 Å². The molecule has 4 rings (SSSR count). The number of amides is 1. The number of fused-ring (bicyclic) bond motifs is 1. The highest BCUT2D eigenvalue weighted by Crippen LogP contribution is 2.27. The van der Waals surface area contributed by atoms with Gasteiger partial charge in [0, 0.05) is 5.02 Å². The fourth-order valence-corrected chi connectivity index (χ4v) is 3.45. The van der Waals surface area contributed by atoms with E-state index < -0.39 is 5.91 Å². The number of rotatable bonds is 7. The van der Waals surface area contributed by atoms with Crippen molar-refractivity contribution in [2.75, 3.05) is 6.61 Å². The summed E-state index contributed by atoms with van der Waals surface area (Å²) in [6.45, 7) is -0.239. The molecule has 4 aromatic rings. The van der Waals surface area contributed by atoms with Crippen LogP contribution < -0.4 is 10.2 Å². The Morgan fingerprint density at radius 1 is 1.03 bits per heavy atom. The van der Waals surface area contributed by atoms with E-state index >= 15 is 0 Å². The van der Waals surface area contributed by atoms with Crippen LogP contribution in [-0.2, 0) is 11.2 Å². The molecule has 0 aliphatic heterocycles. The number of nitrogens with one attached hydrogen (secondary N) is 2. The molecule has 1 aromatic heterocycles. The van der Waals surface area contributed by atoms with Crippen LogP contribution in [0.4, 0.5) is 0 Å². The highest BCUT2D eigenvalue weighted by molar-refractivity contribution is 6.35. The van der Waals surface area contributed by atoms with Crippen molar-refractivity contribution >= 4 is 45.9 Å². The molecule has 1 amide bonds. The van der Waals surface area contributed by atoms with Crippen LogP contribution in [-0.4, -0.2) is 28.2 Å². The Morgan fingerprint density at radius 2 is 1.81 bits per heavy atom. The number of benzene rings is 3. The van der Waals surface area contributed by atoms with Crippen LogP contribution in [0.15, 0.2) is 77.9 Å². The maximum absolute atomic E-state index is 12.3. The van der Waals surface area contributed by atoms with Gasteiger partial charge in [-0.15, -0.1) is 0 Å². The molecule has 0 aliphatic carbocycles. The summed E-state index contributed by atoms with van der Waals surface area (Å²) in [6, 6.07) is 22.2. The summed E-state index contributed by atoms with van der Waals surface area (Å²) in [7, 11) is 0. The number of hydrazone groups is 1. The monoisotopic (exact) mass is 452 g/mol. The first-order valence-electron chi connectivity index (χ1n) is 9.51. The Bertz CT molecular complexity index is 1210. The number of aromatic nitrogens is 2. The molecule has 0 atom stereocenters. The summed E-state index contributed by atoms with van der Waals surface area (Å²) in [5, 5.41) is 5.15. The smallest absolute Gasteiger partial charge is 0.277 e. The minimum Gasteiger partial charge on any atom is -0.482 e. The number of para-hydroxylation sites is 2. The van der Waals surface area contributed by atoms with Gasteiger partial charge in [0.25, 0.3) is 5.91 Å². The molecule has 0 fully saturated rings. The zero-order valence-electron chi connectivity index (χ0n) is 16.3. The van der Waals surface area contributed by atoms with Gasteiger partial charge in [-0.25, -0.2) is 10.4 Å². The molecule has 156 valence electrons. The number of carbonyl (C=O) groups is 1. The predicted octanol–water partition coefficient (Wildman–Crippen LogP) is 5.01. The van der Waals surface area contributed by atoms with Crippen LogP contribution in [0, 0.1) is 0 Å². The SMILES string of the molecule is O=C(COc1ccc(Cl)cc1Cl)N/N=C(\Cc1nc2ccccc2[nH]1)c1ccccc1. The van der Waals surface area contributed by atoms with Crippen molar-refractivity contribution in [1.29, 1.82) is 0 Å². The molecule has 3 aromatic carbocycles. The maximum atomic E-state index is 12.3. The first-order chi connectivity index (χ1) is 15.1. The standard InChI is InChI=1S/C23H18Cl2N4O2/c24-16-10-11-21(17(25)12-16)31-14-23(30)29-28-20(15-6-2-1-3-7-15)13-22-26-18-8-4-5-9-19(18)27-22/h1-12H,13-14H2,(H,26,27)(H,29,30)/b28-20+. The summed E-state index contributed by atoms with van der Waals surface area (Å²) >= 11 is 11.9. The van der Waals surface area contributed by atoms with Crippen molar-refractivity contribution in [2.45, 2.75) is 6.42 Å². The second-order valence-corrected chi connectivity index (χ2v) is 7.54. The lowest BCUT2D eigenvalue weighted by Crippen LogP contribution is -2.26. The minimum atomic E-state index is -0.413. The number of carbonyl (C=O) groups excluding carboxylic acids is 1. The number of ether oxygens (including phenoxy) is 1. The number of nitrogens with zero attached hydrogens (tertiary/aromatic N) is 2. The second kappa shape index (κ2) is 9.64. The third kappa shape index (κ3) is 5.42. The molecule has 0 radical (unpaired) electrons. The number of halogens is 2. The van der Waals surface area contributed by atoms with Gasteiger partial charge in [0.15, 0.2) is 6.61 Å². The van der Waals surface area contributed by atoms with E-state index in [0.29, 0.717) is 27.9 Å². The maximum Gasteiger partial charge on any atom is 0.277 e. The van der Waals surface area contributed by atoms with E-state index in [1.807, 2.05) is 54.6 Å². The average Bonchev–Trinajstić information content (AvgIpc) is 3.19. The van der Waals surface area contributed by atoms with Gasteiger partial charge in [-0.1, -0.05) is 65.7 Å². The van der Waals surface area contributed by atoms with Gasteiger partial charge in [-0.2, -0.15) is 5.10 Å². The fourth-order valence-electron chi connectivity index (χ4n) is 2.98. The van der Waals surface area contributed by atoms with Crippen molar-refractivity contribution in [3.63, 3.8) is 0 Å². The van der Waals surface area contributed by atoms with Crippen LogP contribution in [0.1, 0.15) is 11.4 Å². The average molecular weight is 453 g/mol. The van der Waals surface area contributed by atoms with Crippen molar-refractivity contribution < 1.29 is 9.53 Å². The largest absolute Gasteiger partial charge is 0.482 e. The molecule has 0 bridgehead atoms. The third-order valence-corrected chi connectivity index (χ3v) is 4.98. The lowest BCUT2D eigenvalue weighted by Gasteiger charge is -2.09. The first kappa shape index (κ1) is 20.9. The van der Waals surface area contributed by atoms with Gasteiger partial charge in [0.2, 0.25) is 0 Å². The van der Waals surface area contributed by atoms with E-state index in [0.717, 1.165) is 22.4 Å². The van der Waals surface area contributed by atoms with Crippen LogP contribution in [0.25, 0.3) is 11.0 Å². The van der Waals surface area contributed by atoms with E-state index in [-0.39, 0.29) is 6.61 Å². The molecule has 2 N–H and O–H groups in total. The molecule has 0 aliphatic rings. The molecule has 31 heavy (non-hydrogen) atoms. The number of H-pyrrole nitrogens is 1. The predicted molar refractivity (Wildman–Crippen MR) is 123 cm³/mol. The van der Waals surface area contributed by atoms with Crippen LogP contribution in [0.2, 0.25) is 10.0 Å². The van der Waals surface area contributed by atoms with Gasteiger partial charge < -0.3 is 9.72 Å². The number of hydrogen-bond acceptors (Lipinski definition) is 4. The van der Waals surface area contributed by atoms with E-state index in [2.05, 4.69) is 20.5 Å². The number of imidazole rings is 1. The number of aromatic amines is 1. The van der Waals surface area contributed by atoms with E-state index in [1.165, 1.54) is 0 Å². The summed E-state index contributed by atoms with van der Waals surface area (Å²) in [4.78, 5) is 20.2. The lowest BCUT2D eigenvalue weighted by molar-refractivity contribution is -0.123. The second-order valence-electron chi connectivity index (χ2n) is 6.70. The summed E-state index contributed by atoms with van der Waals surface area (Å²) < 4.78 is 5.46. The summed E-state index contributed by atoms with van der Waals surface area (Å²) in [5.74, 6) is 0.710. The van der Waals surface area contributed by atoms with Gasteiger partial charge in [-0.05, 0) is 35.9 Å². The van der Waals surface area contributed by atoms with Crippen LogP contribution in [0.5, 0.6) is 5.75 Å². The normalized spacial score (nSPS) is 11.5. The van der Waals surface area contributed by atoms with E-state index in [1.54, 1.807) is 18.2 Å². The zero-order valence-corrected chi connectivity index (χ0v) is 17.8. The Kier molecular flexibility index (Phi) is 6.50. The molecule has 0 saturated heterocycles. The molecular formula is C23H18Cl2N4O2. The number of hydrogen-bond donors (Lipinski definition) is 2. The molecule has 6 nitrogen and oxygen atoms in total. The fraction of sp³-hybridized carbons (Fsp3) is 0.0870.